The molecule has 14 heteroatoms. The van der Waals surface area contributed by atoms with E-state index in [1.165, 1.54) is 12.1 Å². The van der Waals surface area contributed by atoms with Crippen LogP contribution < -0.4 is 4.90 Å². The van der Waals surface area contributed by atoms with Gasteiger partial charge < -0.3 is 5.11 Å². The highest BCUT2D eigenvalue weighted by molar-refractivity contribution is 6.58. The first-order valence-electron chi connectivity index (χ1n) is 15.0. The van der Waals surface area contributed by atoms with Gasteiger partial charge in [0.1, 0.15) is 11.4 Å². The Morgan fingerprint density at radius 3 is 1.98 bits per heavy atom. The van der Waals surface area contributed by atoms with Gasteiger partial charge in [-0.05, 0) is 56.5 Å². The number of hydrogen-bond donors (Lipinski definition) is 1. The molecule has 3 aromatic carbocycles. The van der Waals surface area contributed by atoms with Crippen LogP contribution >= 0.6 is 23.2 Å². The van der Waals surface area contributed by atoms with Crippen LogP contribution in [-0.4, -0.2) is 48.9 Å². The van der Waals surface area contributed by atoms with E-state index in [1.54, 1.807) is 51.1 Å². The van der Waals surface area contributed by atoms with E-state index in [2.05, 4.69) is 0 Å². The molecule has 2 aliphatic carbocycles. The van der Waals surface area contributed by atoms with Crippen molar-refractivity contribution in [1.29, 1.82) is 0 Å². The van der Waals surface area contributed by atoms with E-state index in [0.717, 1.165) is 4.90 Å². The molecule has 0 bridgehead atoms. The standard InChI is InChI=1S/C34H25Cl2F5N2O5/c1-32(2,3)43-28(45)17-9-8-16-18(20(17)29(43)46)12-33(35)30(47)42(27-25(40)23(38)22(37)24(39)26(27)41)31(48)34(33,36)21(16)15-10-11-19(44)14-7-5-4-6-13(14)15/h4-8,10-11,17-18,20-21,44H,9,12H2,1-3H3/t17-,18+,20-,21-,33+,34-/m0/s1. The van der Waals surface area contributed by atoms with Gasteiger partial charge in [-0.3, -0.25) is 24.1 Å². The van der Waals surface area contributed by atoms with Crippen LogP contribution in [0, 0.1) is 46.8 Å². The van der Waals surface area contributed by atoms with Crippen LogP contribution in [0.2, 0.25) is 0 Å². The molecule has 7 rings (SSSR count). The maximum Gasteiger partial charge on any atom is 0.258 e. The van der Waals surface area contributed by atoms with Crippen molar-refractivity contribution in [3.05, 3.63) is 82.7 Å². The first-order valence-corrected chi connectivity index (χ1v) is 15.7. The number of nitrogens with zero attached hydrogens (tertiary/aromatic N) is 2. The van der Waals surface area contributed by atoms with Gasteiger partial charge >= 0.3 is 0 Å². The molecule has 4 aliphatic rings. The summed E-state index contributed by atoms with van der Waals surface area (Å²) < 4.78 is 73.4. The molecule has 48 heavy (non-hydrogen) atoms. The summed E-state index contributed by atoms with van der Waals surface area (Å²) >= 11 is 14.4. The molecule has 3 fully saturated rings. The molecule has 2 saturated heterocycles. The highest BCUT2D eigenvalue weighted by Crippen LogP contribution is 2.66. The summed E-state index contributed by atoms with van der Waals surface area (Å²) in [6.45, 7) is 5.03. The van der Waals surface area contributed by atoms with Gasteiger partial charge in [-0.1, -0.05) is 42.0 Å². The number of rotatable bonds is 2. The van der Waals surface area contributed by atoms with Crippen molar-refractivity contribution in [2.45, 2.75) is 54.8 Å². The fraction of sp³-hybridized carbons (Fsp3) is 0.353. The summed E-state index contributed by atoms with van der Waals surface area (Å²) in [4.78, 5) is 52.1. The number of benzene rings is 3. The fourth-order valence-corrected chi connectivity index (χ4v) is 9.06. The number of allylic oxidation sites excluding steroid dienone is 2. The number of amides is 4. The van der Waals surface area contributed by atoms with E-state index in [9.17, 15) is 37.5 Å². The average molecular weight is 707 g/mol. The smallest absolute Gasteiger partial charge is 0.258 e. The van der Waals surface area contributed by atoms with Crippen LogP contribution in [0.3, 0.4) is 0 Å². The lowest BCUT2D eigenvalue weighted by molar-refractivity contribution is -0.145. The minimum atomic E-state index is -2.66. The maximum atomic E-state index is 15.2. The van der Waals surface area contributed by atoms with Gasteiger partial charge in [0.2, 0.25) is 17.6 Å². The second-order valence-corrected chi connectivity index (χ2v) is 14.8. The third-order valence-electron chi connectivity index (χ3n) is 10.1. The zero-order valence-electron chi connectivity index (χ0n) is 25.4. The van der Waals surface area contributed by atoms with Gasteiger partial charge in [0.05, 0.1) is 11.8 Å². The number of alkyl halides is 2. The minimum Gasteiger partial charge on any atom is -0.507 e. The lowest BCUT2D eigenvalue weighted by Gasteiger charge is -2.51. The number of fused-ring (bicyclic) bond motifs is 5. The molecule has 1 N–H and O–H groups in total. The topological polar surface area (TPSA) is 95.0 Å². The normalized spacial score (nSPS) is 30.2. The summed E-state index contributed by atoms with van der Waals surface area (Å²) in [5.41, 5.74) is -2.21. The van der Waals surface area contributed by atoms with Crippen LogP contribution in [0.15, 0.2) is 48.0 Å². The third-order valence-corrected chi connectivity index (χ3v) is 11.6. The molecule has 1 saturated carbocycles. The molecule has 0 unspecified atom stereocenters. The Balaban J connectivity index is 1.51. The molecule has 2 heterocycles. The Kier molecular flexibility index (Phi) is 6.94. The van der Waals surface area contributed by atoms with Gasteiger partial charge in [0.15, 0.2) is 33.0 Å². The van der Waals surface area contributed by atoms with E-state index >= 15 is 8.78 Å². The van der Waals surface area contributed by atoms with E-state index in [-0.39, 0.29) is 22.6 Å². The third kappa shape index (κ3) is 3.87. The number of aromatic hydroxyl groups is 1. The molecule has 2 aliphatic heterocycles. The monoisotopic (exact) mass is 706 g/mol. The van der Waals surface area contributed by atoms with Gasteiger partial charge in [0.25, 0.3) is 11.8 Å². The Morgan fingerprint density at radius 2 is 1.38 bits per heavy atom. The molecule has 250 valence electrons. The SMILES string of the molecule is CC(C)(C)N1C(=O)[C@H]2[C@H](CC=C3[C@H]2C[C@@]2(Cl)C(=O)N(c4c(F)c(F)c(F)c(F)c4F)C(=O)[C@@]2(Cl)[C@H]3c2ccc(O)c3ccccc23)C1=O. The number of halogens is 7. The number of anilines is 1. The number of carbonyl (C=O) groups excluding carboxylic acids is 4. The summed E-state index contributed by atoms with van der Waals surface area (Å²) in [5.74, 6) is -20.9. The largest absolute Gasteiger partial charge is 0.507 e. The summed E-state index contributed by atoms with van der Waals surface area (Å²) in [6, 6.07) is 9.12. The van der Waals surface area contributed by atoms with Gasteiger partial charge in [-0.2, -0.15) is 0 Å². The summed E-state index contributed by atoms with van der Waals surface area (Å²) in [5, 5.41) is 11.3. The first-order chi connectivity index (χ1) is 22.4. The lowest BCUT2D eigenvalue weighted by atomic mass is 9.56. The van der Waals surface area contributed by atoms with Crippen molar-refractivity contribution >= 4 is 63.3 Å². The van der Waals surface area contributed by atoms with E-state index in [0.29, 0.717) is 16.3 Å². The van der Waals surface area contributed by atoms with Crippen molar-refractivity contribution in [2.75, 3.05) is 4.90 Å². The zero-order chi connectivity index (χ0) is 35.0. The number of carbonyl (C=O) groups is 4. The van der Waals surface area contributed by atoms with Crippen LogP contribution in [-0.2, 0) is 19.2 Å². The van der Waals surface area contributed by atoms with E-state index < -0.39 is 104 Å². The number of hydrogen-bond acceptors (Lipinski definition) is 5. The summed E-state index contributed by atoms with van der Waals surface area (Å²) in [7, 11) is 0. The average Bonchev–Trinajstić information content (AvgIpc) is 3.38. The quantitative estimate of drug-likeness (QED) is 0.0810. The highest BCUT2D eigenvalue weighted by Gasteiger charge is 2.77. The minimum absolute atomic E-state index is 0.0336. The number of phenols is 1. The highest BCUT2D eigenvalue weighted by atomic mass is 35.5. The Labute approximate surface area is 279 Å². The van der Waals surface area contributed by atoms with Crippen molar-refractivity contribution in [3.63, 3.8) is 0 Å². The van der Waals surface area contributed by atoms with E-state index in [1.807, 2.05) is 0 Å². The second kappa shape index (κ2) is 10.2. The van der Waals surface area contributed by atoms with Gasteiger partial charge in [-0.25, -0.2) is 26.9 Å². The molecule has 3 aromatic rings. The van der Waals surface area contributed by atoms with Crippen molar-refractivity contribution in [2.24, 2.45) is 17.8 Å². The Bertz CT molecular complexity index is 2040. The molecule has 6 atom stereocenters. The summed E-state index contributed by atoms with van der Waals surface area (Å²) in [6.07, 6.45) is 1.08. The maximum absolute atomic E-state index is 15.2. The van der Waals surface area contributed by atoms with Crippen molar-refractivity contribution in [3.8, 4) is 5.75 Å². The molecule has 4 amide bonds. The number of phenolic OH excluding ortho intramolecular Hbond substituents is 1. The molecular formula is C34H25Cl2F5N2O5. The van der Waals surface area contributed by atoms with Crippen molar-refractivity contribution < 1.29 is 46.2 Å². The molecule has 7 nitrogen and oxygen atoms in total. The predicted molar refractivity (Wildman–Crippen MR) is 164 cm³/mol. The second-order valence-electron chi connectivity index (χ2n) is 13.6. The molecule has 0 radical (unpaired) electrons. The van der Waals surface area contributed by atoms with E-state index in [4.69, 9.17) is 23.2 Å². The number of likely N-dealkylation sites (tertiary alicyclic amines) is 1. The van der Waals surface area contributed by atoms with Crippen LogP contribution in [0.25, 0.3) is 10.8 Å². The zero-order valence-corrected chi connectivity index (χ0v) is 26.9. The number of imide groups is 2. The van der Waals surface area contributed by atoms with Crippen LogP contribution in [0.4, 0.5) is 27.6 Å². The van der Waals surface area contributed by atoms with Crippen molar-refractivity contribution in [1.82, 2.24) is 4.90 Å². The van der Waals surface area contributed by atoms with Gasteiger partial charge in [0, 0.05) is 16.8 Å². The fourth-order valence-electron chi connectivity index (χ4n) is 8.13. The Morgan fingerprint density at radius 1 is 0.792 bits per heavy atom. The molecular weight excluding hydrogens is 682 g/mol. The lowest BCUT2D eigenvalue weighted by Crippen LogP contribution is -2.60. The predicted octanol–water partition coefficient (Wildman–Crippen LogP) is 6.60. The Hall–Kier alpha value is -4.03. The molecule has 0 aromatic heterocycles. The first kappa shape index (κ1) is 32.5. The van der Waals surface area contributed by atoms with Crippen LogP contribution in [0.1, 0.15) is 45.1 Å². The van der Waals surface area contributed by atoms with Crippen LogP contribution in [0.5, 0.6) is 5.75 Å². The molecule has 0 spiro atoms. The van der Waals surface area contributed by atoms with Gasteiger partial charge in [-0.15, -0.1) is 23.2 Å².